The van der Waals surface area contributed by atoms with Gasteiger partial charge >= 0.3 is 5.69 Å². The molecule has 0 unspecified atom stereocenters. The first-order valence-corrected chi connectivity index (χ1v) is 12.6. The number of amides is 1. The van der Waals surface area contributed by atoms with E-state index in [2.05, 4.69) is 0 Å². The number of nitrogens with zero attached hydrogens (tertiary/aromatic N) is 3. The Balaban J connectivity index is 1.55. The maximum absolute atomic E-state index is 13.1. The van der Waals surface area contributed by atoms with Gasteiger partial charge in [0.2, 0.25) is 10.0 Å². The predicted octanol–water partition coefficient (Wildman–Crippen LogP) is 3.99. The summed E-state index contributed by atoms with van der Waals surface area (Å²) >= 11 is 0. The molecular formula is C25H25N3O6S. The van der Waals surface area contributed by atoms with Crippen LogP contribution in [0, 0.1) is 10.1 Å². The van der Waals surface area contributed by atoms with Crippen molar-refractivity contribution < 1.29 is 22.9 Å². The van der Waals surface area contributed by atoms with Gasteiger partial charge in [-0.2, -0.15) is 4.31 Å². The first-order valence-electron chi connectivity index (χ1n) is 11.2. The van der Waals surface area contributed by atoms with Gasteiger partial charge in [-0.3, -0.25) is 14.9 Å². The molecule has 1 saturated heterocycles. The molecule has 35 heavy (non-hydrogen) atoms. The summed E-state index contributed by atoms with van der Waals surface area (Å²) in [6.07, 6.45) is 1.51. The Bertz CT molecular complexity index is 1290. The molecule has 1 amide bonds. The van der Waals surface area contributed by atoms with Gasteiger partial charge in [-0.25, -0.2) is 8.42 Å². The van der Waals surface area contributed by atoms with E-state index in [0.29, 0.717) is 25.3 Å². The monoisotopic (exact) mass is 495 g/mol. The summed E-state index contributed by atoms with van der Waals surface area (Å²) in [7, 11) is -3.83. The van der Waals surface area contributed by atoms with Crippen molar-refractivity contribution in [2.45, 2.75) is 24.3 Å². The van der Waals surface area contributed by atoms with Crippen molar-refractivity contribution in [2.75, 3.05) is 24.6 Å². The van der Waals surface area contributed by atoms with Crippen molar-refractivity contribution in [2.24, 2.45) is 0 Å². The molecular weight excluding hydrogens is 470 g/mol. The minimum absolute atomic E-state index is 0.167. The summed E-state index contributed by atoms with van der Waals surface area (Å²) in [6.45, 7) is 0.613. The number of hydrogen-bond acceptors (Lipinski definition) is 6. The lowest BCUT2D eigenvalue weighted by atomic mass is 10.2. The normalized spacial score (nSPS) is 13.9. The van der Waals surface area contributed by atoms with Crippen LogP contribution >= 0.6 is 0 Å². The Labute approximate surface area is 203 Å². The van der Waals surface area contributed by atoms with E-state index in [-0.39, 0.29) is 10.6 Å². The van der Waals surface area contributed by atoms with E-state index in [0.717, 1.165) is 24.5 Å². The number of carbonyl (C=O) groups excluding carboxylic acids is 1. The second kappa shape index (κ2) is 10.7. The molecule has 1 fully saturated rings. The Morgan fingerprint density at radius 3 is 2.23 bits per heavy atom. The number of sulfonamides is 1. The molecule has 9 nitrogen and oxygen atoms in total. The zero-order valence-electron chi connectivity index (χ0n) is 18.9. The fourth-order valence-electron chi connectivity index (χ4n) is 3.91. The molecule has 0 spiro atoms. The van der Waals surface area contributed by atoms with Crippen LogP contribution in [0.15, 0.2) is 83.8 Å². The van der Waals surface area contributed by atoms with Crippen LogP contribution in [0.3, 0.4) is 0 Å². The highest BCUT2D eigenvalue weighted by molar-refractivity contribution is 7.89. The summed E-state index contributed by atoms with van der Waals surface area (Å²) in [5.41, 5.74) is 1.06. The van der Waals surface area contributed by atoms with E-state index in [1.807, 2.05) is 48.5 Å². The molecule has 3 aromatic rings. The fraction of sp³-hybridized carbons (Fsp3) is 0.240. The maximum Gasteiger partial charge on any atom is 0.312 e. The third kappa shape index (κ3) is 5.67. The highest BCUT2D eigenvalue weighted by Crippen LogP contribution is 2.32. The first kappa shape index (κ1) is 24.4. The van der Waals surface area contributed by atoms with Crippen molar-refractivity contribution in [3.05, 3.63) is 94.5 Å². The summed E-state index contributed by atoms with van der Waals surface area (Å²) < 4.78 is 32.5. The molecule has 182 valence electrons. The van der Waals surface area contributed by atoms with E-state index < -0.39 is 33.1 Å². The number of ether oxygens (including phenoxy) is 1. The molecule has 3 aromatic carbocycles. The Morgan fingerprint density at radius 1 is 0.971 bits per heavy atom. The molecule has 0 atom stereocenters. The lowest BCUT2D eigenvalue weighted by molar-refractivity contribution is -0.386. The largest absolute Gasteiger partial charge is 0.477 e. The van der Waals surface area contributed by atoms with Crippen LogP contribution in [0.4, 0.5) is 11.4 Å². The van der Waals surface area contributed by atoms with Crippen LogP contribution in [0.1, 0.15) is 18.4 Å². The molecule has 1 aliphatic rings. The Kier molecular flexibility index (Phi) is 7.42. The zero-order chi connectivity index (χ0) is 24.8. The average molecular weight is 496 g/mol. The highest BCUT2D eigenvalue weighted by atomic mass is 32.2. The van der Waals surface area contributed by atoms with Crippen molar-refractivity contribution in [3.8, 4) is 5.75 Å². The van der Waals surface area contributed by atoms with E-state index in [4.69, 9.17) is 4.74 Å². The zero-order valence-corrected chi connectivity index (χ0v) is 19.8. The number of nitro groups is 1. The van der Waals surface area contributed by atoms with E-state index in [1.54, 1.807) is 12.1 Å². The molecule has 0 aromatic heterocycles. The lowest BCUT2D eigenvalue weighted by Crippen LogP contribution is -2.34. The number of benzene rings is 3. The quantitative estimate of drug-likeness (QED) is 0.328. The van der Waals surface area contributed by atoms with Gasteiger partial charge in [-0.1, -0.05) is 48.5 Å². The smallest absolute Gasteiger partial charge is 0.312 e. The summed E-state index contributed by atoms with van der Waals surface area (Å²) in [6, 6.07) is 22.0. The van der Waals surface area contributed by atoms with Gasteiger partial charge in [-0.05, 0) is 42.7 Å². The fourth-order valence-corrected chi connectivity index (χ4v) is 5.45. The predicted molar refractivity (Wildman–Crippen MR) is 131 cm³/mol. The van der Waals surface area contributed by atoms with Crippen LogP contribution in [0.25, 0.3) is 0 Å². The van der Waals surface area contributed by atoms with Gasteiger partial charge in [0.1, 0.15) is 0 Å². The first-order chi connectivity index (χ1) is 16.9. The van der Waals surface area contributed by atoms with Crippen molar-refractivity contribution in [3.63, 3.8) is 0 Å². The van der Waals surface area contributed by atoms with Gasteiger partial charge in [0.05, 0.1) is 16.4 Å². The van der Waals surface area contributed by atoms with Crippen molar-refractivity contribution in [1.29, 1.82) is 0 Å². The third-order valence-corrected chi connectivity index (χ3v) is 7.63. The minimum atomic E-state index is -3.83. The summed E-state index contributed by atoms with van der Waals surface area (Å²) in [4.78, 5) is 25.5. The third-order valence-electron chi connectivity index (χ3n) is 5.73. The van der Waals surface area contributed by atoms with Gasteiger partial charge < -0.3 is 9.64 Å². The van der Waals surface area contributed by atoms with Crippen LogP contribution in [-0.2, 0) is 21.4 Å². The topological polar surface area (TPSA) is 110 Å². The molecule has 1 heterocycles. The molecule has 0 saturated carbocycles. The average Bonchev–Trinajstić information content (AvgIpc) is 3.43. The van der Waals surface area contributed by atoms with Gasteiger partial charge in [0.25, 0.3) is 5.91 Å². The molecule has 10 heteroatoms. The number of anilines is 1. The van der Waals surface area contributed by atoms with Crippen LogP contribution < -0.4 is 9.64 Å². The summed E-state index contributed by atoms with van der Waals surface area (Å²) in [5.74, 6) is -0.570. The van der Waals surface area contributed by atoms with Gasteiger partial charge in [0, 0.05) is 24.8 Å². The van der Waals surface area contributed by atoms with Gasteiger partial charge in [-0.15, -0.1) is 0 Å². The highest BCUT2D eigenvalue weighted by Gasteiger charge is 2.30. The molecule has 0 aliphatic carbocycles. The van der Waals surface area contributed by atoms with Crippen molar-refractivity contribution in [1.82, 2.24) is 4.31 Å². The van der Waals surface area contributed by atoms with Crippen LogP contribution in [0.2, 0.25) is 0 Å². The second-order valence-electron chi connectivity index (χ2n) is 8.09. The van der Waals surface area contributed by atoms with Gasteiger partial charge in [0.15, 0.2) is 12.4 Å². The van der Waals surface area contributed by atoms with Crippen molar-refractivity contribution >= 4 is 27.3 Å². The lowest BCUT2D eigenvalue weighted by Gasteiger charge is -2.23. The van der Waals surface area contributed by atoms with E-state index in [1.165, 1.54) is 21.3 Å². The van der Waals surface area contributed by atoms with E-state index >= 15 is 0 Å². The maximum atomic E-state index is 13.1. The SMILES string of the molecule is O=C(COc1ccc(S(=O)(=O)N2CCCC2)cc1[N+](=O)[O-])N(Cc1ccccc1)c1ccccc1. The Hall–Kier alpha value is -3.76. The number of rotatable bonds is 9. The Morgan fingerprint density at radius 2 is 1.60 bits per heavy atom. The number of para-hydroxylation sites is 1. The number of hydrogen-bond donors (Lipinski definition) is 0. The van der Waals surface area contributed by atoms with Crippen LogP contribution in [0.5, 0.6) is 5.75 Å². The van der Waals surface area contributed by atoms with Crippen LogP contribution in [-0.4, -0.2) is 43.2 Å². The second-order valence-corrected chi connectivity index (χ2v) is 10.0. The molecule has 0 N–H and O–H groups in total. The number of nitro benzene ring substituents is 1. The molecule has 4 rings (SSSR count). The molecule has 0 radical (unpaired) electrons. The molecule has 1 aliphatic heterocycles. The molecule has 0 bridgehead atoms. The van der Waals surface area contributed by atoms with E-state index in [9.17, 15) is 23.3 Å². The standard InChI is InChI=1S/C25H25N3O6S/c29-25(27(21-11-5-2-6-12-21)18-20-9-3-1-4-10-20)19-34-24-14-13-22(17-23(24)28(30)31)35(32,33)26-15-7-8-16-26/h1-6,9-14,17H,7-8,15-16,18-19H2. The number of carbonyl (C=O) groups is 1. The minimum Gasteiger partial charge on any atom is -0.477 e. The summed E-state index contributed by atoms with van der Waals surface area (Å²) in [5, 5.41) is 11.7.